The summed E-state index contributed by atoms with van der Waals surface area (Å²) in [5.74, 6) is 2.54. The molecule has 0 aliphatic carbocycles. The number of benzene rings is 2. The van der Waals surface area contributed by atoms with E-state index in [9.17, 15) is 4.79 Å². The van der Waals surface area contributed by atoms with Gasteiger partial charge < -0.3 is 4.57 Å². The van der Waals surface area contributed by atoms with Gasteiger partial charge in [0.2, 0.25) is 5.91 Å². The molecular formula is C20H18N2OS. The highest BCUT2D eigenvalue weighted by atomic mass is 32.1. The van der Waals surface area contributed by atoms with Gasteiger partial charge in [0, 0.05) is 6.42 Å². The normalized spacial score (nSPS) is 11.6. The van der Waals surface area contributed by atoms with Gasteiger partial charge in [-0.15, -0.1) is 6.42 Å². The van der Waals surface area contributed by atoms with E-state index in [4.69, 9.17) is 6.42 Å². The van der Waals surface area contributed by atoms with Crippen molar-refractivity contribution in [3.8, 4) is 12.3 Å². The number of aryl methyl sites for hydroxylation is 2. The lowest BCUT2D eigenvalue weighted by atomic mass is 10.1. The quantitative estimate of drug-likeness (QED) is 0.670. The molecule has 2 aromatic carbocycles. The standard InChI is InChI=1S/C20H18N2OS/c1-3-14-22-19-15(2)8-7-11-17(19)24-20(22)21-18(23)13-12-16-9-5-4-6-10-16/h1,4-11H,12-14H2,2H3. The molecule has 0 aliphatic rings. The molecule has 4 heteroatoms. The average Bonchev–Trinajstić information content (AvgIpc) is 2.93. The number of nitrogens with zero attached hydrogens (tertiary/aromatic N) is 2. The fourth-order valence-electron chi connectivity index (χ4n) is 2.69. The zero-order valence-electron chi connectivity index (χ0n) is 13.5. The molecule has 1 amide bonds. The van der Waals surface area contributed by atoms with Crippen molar-refractivity contribution in [2.24, 2.45) is 4.99 Å². The topological polar surface area (TPSA) is 34.4 Å². The molecule has 1 aromatic heterocycles. The van der Waals surface area contributed by atoms with Crippen LogP contribution in [0.15, 0.2) is 53.5 Å². The minimum atomic E-state index is -0.117. The number of hydrogen-bond acceptors (Lipinski definition) is 2. The lowest BCUT2D eigenvalue weighted by molar-refractivity contribution is -0.118. The number of carbonyl (C=O) groups is 1. The van der Waals surface area contributed by atoms with Crippen molar-refractivity contribution in [2.45, 2.75) is 26.3 Å². The van der Waals surface area contributed by atoms with Gasteiger partial charge in [0.25, 0.3) is 0 Å². The highest BCUT2D eigenvalue weighted by Crippen LogP contribution is 2.20. The number of hydrogen-bond donors (Lipinski definition) is 0. The van der Waals surface area contributed by atoms with Gasteiger partial charge in [0.1, 0.15) is 0 Å². The molecule has 0 saturated carbocycles. The van der Waals surface area contributed by atoms with Gasteiger partial charge in [-0.3, -0.25) is 4.79 Å². The number of para-hydroxylation sites is 1. The van der Waals surface area contributed by atoms with E-state index in [-0.39, 0.29) is 5.91 Å². The van der Waals surface area contributed by atoms with Gasteiger partial charge in [-0.1, -0.05) is 59.7 Å². The van der Waals surface area contributed by atoms with Crippen molar-refractivity contribution in [1.82, 2.24) is 4.57 Å². The third-order valence-electron chi connectivity index (χ3n) is 3.84. The van der Waals surface area contributed by atoms with Crippen molar-refractivity contribution < 1.29 is 4.79 Å². The predicted molar refractivity (Wildman–Crippen MR) is 98.7 cm³/mol. The molecule has 0 aliphatic heterocycles. The van der Waals surface area contributed by atoms with Crippen LogP contribution in [0.4, 0.5) is 0 Å². The van der Waals surface area contributed by atoms with Gasteiger partial charge in [0.15, 0.2) is 4.80 Å². The highest BCUT2D eigenvalue weighted by molar-refractivity contribution is 7.16. The number of terminal acetylenes is 1. The number of amides is 1. The Morgan fingerprint density at radius 2 is 2.00 bits per heavy atom. The first-order chi connectivity index (χ1) is 11.7. The molecule has 24 heavy (non-hydrogen) atoms. The molecule has 0 fully saturated rings. The monoisotopic (exact) mass is 334 g/mol. The van der Waals surface area contributed by atoms with E-state index in [1.807, 2.05) is 60.0 Å². The first-order valence-electron chi connectivity index (χ1n) is 7.83. The molecule has 0 bridgehead atoms. The van der Waals surface area contributed by atoms with Crippen molar-refractivity contribution >= 4 is 27.5 Å². The van der Waals surface area contributed by atoms with E-state index in [1.165, 1.54) is 11.3 Å². The molecule has 0 spiro atoms. The smallest absolute Gasteiger partial charge is 0.248 e. The fourth-order valence-corrected chi connectivity index (χ4v) is 3.81. The lowest BCUT2D eigenvalue weighted by Crippen LogP contribution is -2.17. The van der Waals surface area contributed by atoms with Crippen molar-refractivity contribution in [1.29, 1.82) is 0 Å². The van der Waals surface area contributed by atoms with E-state index in [2.05, 4.69) is 10.9 Å². The zero-order chi connectivity index (χ0) is 16.9. The lowest BCUT2D eigenvalue weighted by Gasteiger charge is -2.02. The second kappa shape index (κ2) is 7.29. The Morgan fingerprint density at radius 1 is 1.21 bits per heavy atom. The number of thiazole rings is 1. The molecule has 1 heterocycles. The minimum Gasteiger partial charge on any atom is -0.304 e. The van der Waals surface area contributed by atoms with Crippen LogP contribution in [-0.2, 0) is 17.8 Å². The van der Waals surface area contributed by atoms with E-state index in [1.54, 1.807) is 0 Å². The molecule has 0 unspecified atom stereocenters. The Morgan fingerprint density at radius 3 is 2.75 bits per heavy atom. The molecule has 0 saturated heterocycles. The first kappa shape index (κ1) is 16.2. The van der Waals surface area contributed by atoms with Crippen LogP contribution in [-0.4, -0.2) is 10.5 Å². The molecular weight excluding hydrogens is 316 g/mol. The Hall–Kier alpha value is -2.64. The second-order valence-electron chi connectivity index (χ2n) is 5.59. The van der Waals surface area contributed by atoms with Gasteiger partial charge in [-0.05, 0) is 30.5 Å². The van der Waals surface area contributed by atoms with E-state index in [0.29, 0.717) is 24.2 Å². The molecule has 120 valence electrons. The van der Waals surface area contributed by atoms with Crippen LogP contribution in [0.5, 0.6) is 0 Å². The highest BCUT2D eigenvalue weighted by Gasteiger charge is 2.09. The number of fused-ring (bicyclic) bond motifs is 1. The number of aromatic nitrogens is 1. The van der Waals surface area contributed by atoms with Crippen LogP contribution < -0.4 is 4.80 Å². The van der Waals surface area contributed by atoms with E-state index < -0.39 is 0 Å². The maximum absolute atomic E-state index is 12.3. The summed E-state index contributed by atoms with van der Waals surface area (Å²) in [7, 11) is 0. The summed E-state index contributed by atoms with van der Waals surface area (Å²) in [6.45, 7) is 2.46. The van der Waals surface area contributed by atoms with Gasteiger partial charge in [-0.2, -0.15) is 4.99 Å². The van der Waals surface area contributed by atoms with Crippen molar-refractivity contribution in [3.05, 3.63) is 64.5 Å². The summed E-state index contributed by atoms with van der Waals surface area (Å²) < 4.78 is 3.05. The Bertz CT molecular complexity index is 974. The van der Waals surface area contributed by atoms with Crippen LogP contribution in [0.1, 0.15) is 17.5 Å². The SMILES string of the molecule is C#CCn1c(=NC(=O)CCc2ccccc2)sc2cccc(C)c21. The largest absolute Gasteiger partial charge is 0.304 e. The van der Waals surface area contributed by atoms with Crippen LogP contribution in [0.3, 0.4) is 0 Å². The van der Waals surface area contributed by atoms with Crippen molar-refractivity contribution in [3.63, 3.8) is 0 Å². The number of carbonyl (C=O) groups excluding carboxylic acids is 1. The summed E-state index contributed by atoms with van der Waals surface area (Å²) >= 11 is 1.51. The third-order valence-corrected chi connectivity index (χ3v) is 4.89. The van der Waals surface area contributed by atoms with E-state index in [0.717, 1.165) is 21.3 Å². The van der Waals surface area contributed by atoms with Gasteiger partial charge >= 0.3 is 0 Å². The zero-order valence-corrected chi connectivity index (χ0v) is 14.3. The average molecular weight is 334 g/mol. The van der Waals surface area contributed by atoms with Crippen LogP contribution >= 0.6 is 11.3 Å². The van der Waals surface area contributed by atoms with Crippen LogP contribution in [0, 0.1) is 19.3 Å². The Kier molecular flexibility index (Phi) is 4.93. The predicted octanol–water partition coefficient (Wildman–Crippen LogP) is 3.70. The molecule has 0 radical (unpaired) electrons. The van der Waals surface area contributed by atoms with Gasteiger partial charge in [-0.25, -0.2) is 0 Å². The Balaban J connectivity index is 1.91. The maximum Gasteiger partial charge on any atom is 0.248 e. The molecule has 0 N–H and O–H groups in total. The second-order valence-corrected chi connectivity index (χ2v) is 6.60. The summed E-state index contributed by atoms with van der Waals surface area (Å²) in [5.41, 5.74) is 3.34. The molecule has 0 atom stereocenters. The maximum atomic E-state index is 12.3. The summed E-state index contributed by atoms with van der Waals surface area (Å²) in [5, 5.41) is 0. The third kappa shape index (κ3) is 3.47. The fraction of sp³-hybridized carbons (Fsp3) is 0.200. The van der Waals surface area contributed by atoms with Crippen molar-refractivity contribution in [2.75, 3.05) is 0 Å². The first-order valence-corrected chi connectivity index (χ1v) is 8.64. The van der Waals surface area contributed by atoms with Gasteiger partial charge in [0.05, 0.1) is 16.8 Å². The summed E-state index contributed by atoms with van der Waals surface area (Å²) in [6, 6.07) is 16.1. The number of rotatable bonds is 4. The van der Waals surface area contributed by atoms with Crippen LogP contribution in [0.2, 0.25) is 0 Å². The Labute approximate surface area is 145 Å². The summed E-state index contributed by atoms with van der Waals surface area (Å²) in [4.78, 5) is 17.3. The molecule has 3 aromatic rings. The van der Waals surface area contributed by atoms with Crippen LogP contribution in [0.25, 0.3) is 10.2 Å². The van der Waals surface area contributed by atoms with E-state index >= 15 is 0 Å². The molecule has 3 nitrogen and oxygen atoms in total. The molecule has 3 rings (SSSR count). The summed E-state index contributed by atoms with van der Waals surface area (Å²) in [6.07, 6.45) is 6.60. The minimum absolute atomic E-state index is 0.117.